The van der Waals surface area contributed by atoms with Crippen molar-refractivity contribution in [3.05, 3.63) is 21.4 Å². The first-order chi connectivity index (χ1) is 8.45. The summed E-state index contributed by atoms with van der Waals surface area (Å²) in [6.07, 6.45) is 0. The van der Waals surface area contributed by atoms with Crippen molar-refractivity contribution < 1.29 is 14.4 Å². The van der Waals surface area contributed by atoms with Crippen LogP contribution >= 0.6 is 11.3 Å². The lowest BCUT2D eigenvalue weighted by atomic mass is 10.1. The third kappa shape index (κ3) is 2.83. The van der Waals surface area contributed by atoms with Gasteiger partial charge in [-0.2, -0.15) is 0 Å². The molecular formula is C12H14N2O3S. The second kappa shape index (κ2) is 4.99. The number of imide groups is 1. The molecule has 0 radical (unpaired) electrons. The monoisotopic (exact) mass is 266 g/mol. The predicted octanol–water partition coefficient (Wildman–Crippen LogP) is 0.506. The van der Waals surface area contributed by atoms with E-state index in [1.807, 2.05) is 19.9 Å². The first-order valence-corrected chi connectivity index (χ1v) is 6.42. The fourth-order valence-corrected chi connectivity index (χ4v) is 2.95. The Morgan fingerprint density at radius 3 is 2.44 bits per heavy atom. The summed E-state index contributed by atoms with van der Waals surface area (Å²) in [5, 5.41) is 2.21. The topological polar surface area (TPSA) is 66.5 Å². The van der Waals surface area contributed by atoms with Crippen LogP contribution in [0.15, 0.2) is 6.07 Å². The van der Waals surface area contributed by atoms with Gasteiger partial charge in [-0.25, -0.2) is 0 Å². The molecule has 0 aliphatic carbocycles. The molecule has 2 heterocycles. The second-order valence-electron chi connectivity index (χ2n) is 4.37. The summed E-state index contributed by atoms with van der Waals surface area (Å²) >= 11 is 1.58. The van der Waals surface area contributed by atoms with Crippen LogP contribution in [0, 0.1) is 13.8 Å². The van der Waals surface area contributed by atoms with E-state index in [1.54, 1.807) is 16.2 Å². The van der Waals surface area contributed by atoms with Gasteiger partial charge in [0.15, 0.2) is 5.78 Å². The molecule has 0 unspecified atom stereocenters. The van der Waals surface area contributed by atoms with Gasteiger partial charge in [0.1, 0.15) is 0 Å². The van der Waals surface area contributed by atoms with Crippen LogP contribution in [0.5, 0.6) is 0 Å². The number of hydrogen-bond acceptors (Lipinski definition) is 5. The van der Waals surface area contributed by atoms with Crippen molar-refractivity contribution in [1.29, 1.82) is 0 Å². The fourth-order valence-electron chi connectivity index (χ4n) is 2.00. The molecule has 1 aliphatic rings. The van der Waals surface area contributed by atoms with E-state index in [0.717, 1.165) is 9.75 Å². The van der Waals surface area contributed by atoms with Crippen LogP contribution in [-0.4, -0.2) is 42.1 Å². The van der Waals surface area contributed by atoms with Gasteiger partial charge < -0.3 is 0 Å². The van der Waals surface area contributed by atoms with Gasteiger partial charge in [-0.05, 0) is 19.9 Å². The van der Waals surface area contributed by atoms with E-state index in [9.17, 15) is 14.4 Å². The Morgan fingerprint density at radius 1 is 1.33 bits per heavy atom. The van der Waals surface area contributed by atoms with E-state index in [0.29, 0.717) is 5.56 Å². The Hall–Kier alpha value is -1.53. The summed E-state index contributed by atoms with van der Waals surface area (Å²) in [6.45, 7) is 4.15. The summed E-state index contributed by atoms with van der Waals surface area (Å²) < 4.78 is 0. The Morgan fingerprint density at radius 2 is 1.94 bits per heavy atom. The third-order valence-electron chi connectivity index (χ3n) is 2.72. The van der Waals surface area contributed by atoms with Gasteiger partial charge in [0, 0.05) is 15.3 Å². The maximum Gasteiger partial charge on any atom is 0.240 e. The lowest BCUT2D eigenvalue weighted by Gasteiger charge is -2.24. The first-order valence-electron chi connectivity index (χ1n) is 5.61. The first kappa shape index (κ1) is 12.9. The smallest absolute Gasteiger partial charge is 0.240 e. The molecule has 2 amide bonds. The average molecular weight is 266 g/mol. The van der Waals surface area contributed by atoms with Gasteiger partial charge in [0.2, 0.25) is 11.8 Å². The standard InChI is InChI=1S/C12H14N2O3S/c1-7-3-9(8(2)18-7)10(15)4-14-5-11(16)13-12(17)6-14/h3H,4-6H2,1-2H3,(H,13,16,17). The highest BCUT2D eigenvalue weighted by atomic mass is 32.1. The molecule has 0 aromatic carbocycles. The molecule has 0 bridgehead atoms. The zero-order chi connectivity index (χ0) is 13.3. The second-order valence-corrected chi connectivity index (χ2v) is 5.83. The maximum absolute atomic E-state index is 12.1. The minimum atomic E-state index is -0.350. The van der Waals surface area contributed by atoms with Crippen molar-refractivity contribution in [3.63, 3.8) is 0 Å². The van der Waals surface area contributed by atoms with Crippen LogP contribution in [0.1, 0.15) is 20.1 Å². The summed E-state index contributed by atoms with van der Waals surface area (Å²) in [4.78, 5) is 38.1. The lowest BCUT2D eigenvalue weighted by molar-refractivity contribution is -0.135. The highest BCUT2D eigenvalue weighted by Gasteiger charge is 2.25. The van der Waals surface area contributed by atoms with Crippen molar-refractivity contribution in [2.75, 3.05) is 19.6 Å². The summed E-state index contributed by atoms with van der Waals surface area (Å²) in [5.74, 6) is -0.742. The van der Waals surface area contributed by atoms with Crippen LogP contribution in [0.25, 0.3) is 0 Å². The average Bonchev–Trinajstić information content (AvgIpc) is 2.56. The van der Waals surface area contributed by atoms with Crippen LogP contribution in [0.4, 0.5) is 0 Å². The van der Waals surface area contributed by atoms with Crippen molar-refractivity contribution in [2.24, 2.45) is 0 Å². The highest BCUT2D eigenvalue weighted by Crippen LogP contribution is 2.21. The minimum absolute atomic E-state index is 0.0423. The number of ketones is 1. The molecule has 5 nitrogen and oxygen atoms in total. The molecule has 1 aromatic heterocycles. The van der Waals surface area contributed by atoms with E-state index in [-0.39, 0.29) is 37.2 Å². The Balaban J connectivity index is 2.05. The number of carbonyl (C=O) groups excluding carboxylic acids is 3. The molecule has 2 rings (SSSR count). The number of rotatable bonds is 3. The lowest BCUT2D eigenvalue weighted by Crippen LogP contribution is -2.52. The highest BCUT2D eigenvalue weighted by molar-refractivity contribution is 7.12. The van der Waals surface area contributed by atoms with Crippen molar-refractivity contribution in [1.82, 2.24) is 10.2 Å². The summed E-state index contributed by atoms with van der Waals surface area (Å²) in [6, 6.07) is 1.86. The summed E-state index contributed by atoms with van der Waals surface area (Å²) in [7, 11) is 0. The normalized spacial score (nSPS) is 16.8. The SMILES string of the molecule is Cc1cc(C(=O)CN2CC(=O)NC(=O)C2)c(C)s1. The molecule has 1 N–H and O–H groups in total. The molecule has 0 atom stereocenters. The molecule has 1 aliphatic heterocycles. The molecule has 96 valence electrons. The molecule has 1 fully saturated rings. The molecule has 18 heavy (non-hydrogen) atoms. The number of hydrogen-bond donors (Lipinski definition) is 1. The number of nitrogens with one attached hydrogen (secondary N) is 1. The number of nitrogens with zero attached hydrogens (tertiary/aromatic N) is 1. The molecular weight excluding hydrogens is 252 g/mol. The van der Waals surface area contributed by atoms with Gasteiger partial charge in [-0.1, -0.05) is 0 Å². The zero-order valence-electron chi connectivity index (χ0n) is 10.3. The van der Waals surface area contributed by atoms with Crippen LogP contribution in [0.3, 0.4) is 0 Å². The van der Waals surface area contributed by atoms with Crippen molar-refractivity contribution >= 4 is 28.9 Å². The van der Waals surface area contributed by atoms with E-state index >= 15 is 0 Å². The number of amides is 2. The van der Waals surface area contributed by atoms with Crippen molar-refractivity contribution in [2.45, 2.75) is 13.8 Å². The number of aryl methyl sites for hydroxylation is 2. The van der Waals surface area contributed by atoms with Crippen molar-refractivity contribution in [3.8, 4) is 0 Å². The van der Waals surface area contributed by atoms with E-state index < -0.39 is 0 Å². The maximum atomic E-state index is 12.1. The number of thiophene rings is 1. The molecule has 1 saturated heterocycles. The van der Waals surface area contributed by atoms with Crippen LogP contribution in [0.2, 0.25) is 0 Å². The van der Waals surface area contributed by atoms with Gasteiger partial charge in [0.05, 0.1) is 19.6 Å². The molecule has 1 aromatic rings. The number of Topliss-reactive ketones (excluding diaryl/α,β-unsaturated/α-hetero) is 1. The van der Waals surface area contributed by atoms with E-state index in [1.165, 1.54) is 0 Å². The molecule has 6 heteroatoms. The zero-order valence-corrected chi connectivity index (χ0v) is 11.1. The quantitative estimate of drug-likeness (QED) is 0.639. The molecule has 0 spiro atoms. The van der Waals surface area contributed by atoms with Crippen LogP contribution in [-0.2, 0) is 9.59 Å². The van der Waals surface area contributed by atoms with E-state index in [4.69, 9.17) is 0 Å². The third-order valence-corrected chi connectivity index (χ3v) is 3.69. The van der Waals surface area contributed by atoms with Gasteiger partial charge in [0.25, 0.3) is 0 Å². The van der Waals surface area contributed by atoms with Gasteiger partial charge >= 0.3 is 0 Å². The predicted molar refractivity (Wildman–Crippen MR) is 67.7 cm³/mol. The largest absolute Gasteiger partial charge is 0.294 e. The molecule has 0 saturated carbocycles. The number of piperazine rings is 1. The fraction of sp³-hybridized carbons (Fsp3) is 0.417. The minimum Gasteiger partial charge on any atom is -0.294 e. The Kier molecular flexibility index (Phi) is 3.58. The number of carbonyl (C=O) groups is 3. The van der Waals surface area contributed by atoms with Crippen LogP contribution < -0.4 is 5.32 Å². The Labute approximate surface area is 109 Å². The Bertz CT molecular complexity index is 505. The van der Waals surface area contributed by atoms with Gasteiger partial charge in [-0.15, -0.1) is 11.3 Å². The van der Waals surface area contributed by atoms with E-state index in [2.05, 4.69) is 5.32 Å². The van der Waals surface area contributed by atoms with Gasteiger partial charge in [-0.3, -0.25) is 24.6 Å². The summed E-state index contributed by atoms with van der Waals surface area (Å²) in [5.41, 5.74) is 0.691.